The van der Waals surface area contributed by atoms with Crippen LogP contribution >= 0.6 is 0 Å². The minimum atomic E-state index is -4.65. The molecule has 1 fully saturated rings. The van der Waals surface area contributed by atoms with Crippen LogP contribution in [0.3, 0.4) is 0 Å². The summed E-state index contributed by atoms with van der Waals surface area (Å²) in [5.74, 6) is 0.218. The van der Waals surface area contributed by atoms with Gasteiger partial charge in [-0.25, -0.2) is 4.39 Å². The summed E-state index contributed by atoms with van der Waals surface area (Å²) in [5.41, 5.74) is -0.147. The Balaban J connectivity index is 1.47. The highest BCUT2D eigenvalue weighted by Crippen LogP contribution is 2.37. The maximum Gasteiger partial charge on any atom is 0.416 e. The summed E-state index contributed by atoms with van der Waals surface area (Å²) in [7, 11) is 0. The topological polar surface area (TPSA) is 68.1 Å². The fourth-order valence-electron chi connectivity index (χ4n) is 3.88. The molecule has 2 aromatic carbocycles. The predicted octanol–water partition coefficient (Wildman–Crippen LogP) is 3.94. The SMILES string of the molecule is O=[N+]([O-])c1cc(C(F)(F)F)ccc1N1CCN(Cc2cc(F)cc3c2OCOC3)CC1. The molecule has 0 unspecified atom stereocenters. The Kier molecular flexibility index (Phi) is 5.71. The van der Waals surface area contributed by atoms with Crippen molar-refractivity contribution in [3.63, 3.8) is 0 Å². The van der Waals surface area contributed by atoms with E-state index in [1.165, 1.54) is 12.1 Å². The lowest BCUT2D eigenvalue weighted by atomic mass is 10.1. The minimum absolute atomic E-state index is 0.0942. The molecule has 1 saturated heterocycles. The molecule has 0 amide bonds. The predicted molar refractivity (Wildman–Crippen MR) is 102 cm³/mol. The second-order valence-corrected chi connectivity index (χ2v) is 7.39. The monoisotopic (exact) mass is 441 g/mol. The van der Waals surface area contributed by atoms with Crippen LogP contribution < -0.4 is 9.64 Å². The summed E-state index contributed by atoms with van der Waals surface area (Å²) in [6.45, 7) is 2.55. The van der Waals surface area contributed by atoms with Gasteiger partial charge >= 0.3 is 6.18 Å². The molecule has 0 atom stereocenters. The average Bonchev–Trinajstić information content (AvgIpc) is 2.73. The first-order chi connectivity index (χ1) is 14.7. The molecule has 2 aliphatic rings. The van der Waals surface area contributed by atoms with Gasteiger partial charge in [-0.1, -0.05) is 0 Å². The molecule has 0 aliphatic carbocycles. The Morgan fingerprint density at radius 1 is 1.10 bits per heavy atom. The van der Waals surface area contributed by atoms with Gasteiger partial charge in [-0.3, -0.25) is 15.0 Å². The van der Waals surface area contributed by atoms with Crippen molar-refractivity contribution in [3.8, 4) is 5.75 Å². The number of piperazine rings is 1. The number of hydrogen-bond donors (Lipinski definition) is 0. The number of benzene rings is 2. The molecule has 0 bridgehead atoms. The van der Waals surface area contributed by atoms with Crippen LogP contribution in [0, 0.1) is 15.9 Å². The highest BCUT2D eigenvalue weighted by molar-refractivity contribution is 5.65. The molecule has 11 heteroatoms. The van der Waals surface area contributed by atoms with Gasteiger partial charge in [0.2, 0.25) is 0 Å². The molecule has 7 nitrogen and oxygen atoms in total. The fourth-order valence-corrected chi connectivity index (χ4v) is 3.88. The van der Waals surface area contributed by atoms with Crippen molar-refractivity contribution < 1.29 is 32.0 Å². The van der Waals surface area contributed by atoms with Crippen molar-refractivity contribution in [1.29, 1.82) is 0 Å². The van der Waals surface area contributed by atoms with Crippen molar-refractivity contribution in [1.82, 2.24) is 4.90 Å². The summed E-state index contributed by atoms with van der Waals surface area (Å²) < 4.78 is 63.4. The summed E-state index contributed by atoms with van der Waals surface area (Å²) >= 11 is 0. The van der Waals surface area contributed by atoms with Crippen LogP contribution in [-0.4, -0.2) is 42.8 Å². The van der Waals surface area contributed by atoms with Crippen molar-refractivity contribution in [2.45, 2.75) is 19.3 Å². The van der Waals surface area contributed by atoms with Crippen LogP contribution in [-0.2, 0) is 24.1 Å². The second-order valence-electron chi connectivity index (χ2n) is 7.39. The molecular weight excluding hydrogens is 422 g/mol. The van der Waals surface area contributed by atoms with Gasteiger partial charge in [-0.05, 0) is 24.3 Å². The van der Waals surface area contributed by atoms with Crippen LogP contribution in [0.4, 0.5) is 28.9 Å². The van der Waals surface area contributed by atoms with E-state index < -0.39 is 22.4 Å². The van der Waals surface area contributed by atoms with Crippen LogP contribution in [0.1, 0.15) is 16.7 Å². The van der Waals surface area contributed by atoms with Crippen molar-refractivity contribution >= 4 is 11.4 Å². The minimum Gasteiger partial charge on any atom is -0.467 e. The largest absolute Gasteiger partial charge is 0.467 e. The lowest BCUT2D eigenvalue weighted by Crippen LogP contribution is -2.46. The van der Waals surface area contributed by atoms with Gasteiger partial charge in [0.05, 0.1) is 17.1 Å². The van der Waals surface area contributed by atoms with Crippen LogP contribution in [0.15, 0.2) is 30.3 Å². The molecule has 0 N–H and O–H groups in total. The Hall–Kier alpha value is -2.92. The van der Waals surface area contributed by atoms with Gasteiger partial charge in [0, 0.05) is 49.9 Å². The smallest absolute Gasteiger partial charge is 0.416 e. The molecule has 2 heterocycles. The third-order valence-corrected chi connectivity index (χ3v) is 5.36. The van der Waals surface area contributed by atoms with Gasteiger partial charge in [0.1, 0.15) is 17.3 Å². The lowest BCUT2D eigenvalue weighted by Gasteiger charge is -2.36. The number of halogens is 4. The van der Waals surface area contributed by atoms with E-state index in [-0.39, 0.29) is 24.9 Å². The van der Waals surface area contributed by atoms with Gasteiger partial charge in [-0.15, -0.1) is 0 Å². The Bertz CT molecular complexity index is 991. The van der Waals surface area contributed by atoms with E-state index in [1.54, 1.807) is 4.90 Å². The fraction of sp³-hybridized carbons (Fsp3) is 0.400. The first-order valence-corrected chi connectivity index (χ1v) is 9.57. The van der Waals surface area contributed by atoms with Gasteiger partial charge in [0.15, 0.2) is 6.79 Å². The first-order valence-electron chi connectivity index (χ1n) is 9.57. The second kappa shape index (κ2) is 8.31. The average molecular weight is 441 g/mol. The summed E-state index contributed by atoms with van der Waals surface area (Å²) in [6.07, 6.45) is -4.65. The molecular formula is C20H19F4N3O4. The number of nitrogens with zero attached hydrogens (tertiary/aromatic N) is 3. The standard InChI is InChI=1S/C20H19F4N3O4/c21-16-7-13(19-14(8-16)11-30-12-31-19)10-25-3-5-26(6-4-25)17-2-1-15(20(22,23)24)9-18(17)27(28)29/h1-2,7-9H,3-6,10-12H2. The lowest BCUT2D eigenvalue weighted by molar-refractivity contribution is -0.384. The van der Waals surface area contributed by atoms with Gasteiger partial charge in [-0.2, -0.15) is 13.2 Å². The highest BCUT2D eigenvalue weighted by atomic mass is 19.4. The third-order valence-electron chi connectivity index (χ3n) is 5.36. The number of hydrogen-bond acceptors (Lipinski definition) is 6. The van der Waals surface area contributed by atoms with Crippen molar-refractivity contribution in [2.75, 3.05) is 37.9 Å². The van der Waals surface area contributed by atoms with E-state index in [4.69, 9.17) is 9.47 Å². The van der Waals surface area contributed by atoms with Crippen molar-refractivity contribution in [2.24, 2.45) is 0 Å². The third kappa shape index (κ3) is 4.57. The highest BCUT2D eigenvalue weighted by Gasteiger charge is 2.34. The summed E-state index contributed by atoms with van der Waals surface area (Å²) in [5, 5.41) is 11.4. The van der Waals surface area contributed by atoms with Crippen LogP contribution in [0.5, 0.6) is 5.75 Å². The number of alkyl halides is 3. The number of anilines is 1. The number of rotatable bonds is 4. The quantitative estimate of drug-likeness (QED) is 0.407. The van der Waals surface area contributed by atoms with Crippen LogP contribution in [0.2, 0.25) is 0 Å². The van der Waals surface area contributed by atoms with E-state index in [0.717, 1.165) is 12.1 Å². The molecule has 4 rings (SSSR count). The zero-order valence-corrected chi connectivity index (χ0v) is 16.3. The Morgan fingerprint density at radius 3 is 2.52 bits per heavy atom. The summed E-state index contributed by atoms with van der Waals surface area (Å²) in [6, 6.07) is 5.36. The van der Waals surface area contributed by atoms with E-state index in [2.05, 4.69) is 0 Å². The number of nitro groups is 1. The molecule has 2 aromatic rings. The van der Waals surface area contributed by atoms with E-state index in [1.807, 2.05) is 4.90 Å². The summed E-state index contributed by atoms with van der Waals surface area (Å²) in [4.78, 5) is 14.3. The van der Waals surface area contributed by atoms with E-state index in [9.17, 15) is 27.7 Å². The van der Waals surface area contributed by atoms with Crippen molar-refractivity contribution in [3.05, 3.63) is 63.0 Å². The Morgan fingerprint density at radius 2 is 1.84 bits per heavy atom. The normalized spacial score (nSPS) is 17.2. The Labute approximate surface area is 174 Å². The zero-order valence-electron chi connectivity index (χ0n) is 16.3. The maximum atomic E-state index is 13.9. The number of ether oxygens (including phenoxy) is 2. The van der Waals surface area contributed by atoms with E-state index >= 15 is 0 Å². The molecule has 166 valence electrons. The molecule has 2 aliphatic heterocycles. The molecule has 0 spiro atoms. The number of nitro benzene ring substituents is 1. The molecule has 0 aromatic heterocycles. The molecule has 0 saturated carbocycles. The maximum absolute atomic E-state index is 13.9. The zero-order chi connectivity index (χ0) is 22.2. The van der Waals surface area contributed by atoms with E-state index in [0.29, 0.717) is 55.7 Å². The molecule has 31 heavy (non-hydrogen) atoms. The van der Waals surface area contributed by atoms with Crippen LogP contribution in [0.25, 0.3) is 0 Å². The van der Waals surface area contributed by atoms with Gasteiger partial charge in [0.25, 0.3) is 5.69 Å². The first kappa shape index (κ1) is 21.3. The molecule has 0 radical (unpaired) electrons. The van der Waals surface area contributed by atoms with Gasteiger partial charge < -0.3 is 14.4 Å². The number of fused-ring (bicyclic) bond motifs is 1.